The van der Waals surface area contributed by atoms with Crippen molar-refractivity contribution in [3.8, 4) is 0 Å². The van der Waals surface area contributed by atoms with Crippen molar-refractivity contribution in [2.75, 3.05) is 0 Å². The van der Waals surface area contributed by atoms with Gasteiger partial charge in [0.25, 0.3) is 0 Å². The van der Waals surface area contributed by atoms with Gasteiger partial charge in [-0.1, -0.05) is 0 Å². The average molecular weight is 287 g/mol. The minimum Gasteiger partial charge on any atom is -0.463 e. The highest BCUT2D eigenvalue weighted by molar-refractivity contribution is 5.18. The Morgan fingerprint density at radius 3 is 2.76 bits per heavy atom. The zero-order valence-electron chi connectivity index (χ0n) is 13.3. The van der Waals surface area contributed by atoms with Crippen LogP contribution in [0.15, 0.2) is 22.9 Å². The molecule has 1 N–H and O–H groups in total. The third-order valence-corrected chi connectivity index (χ3v) is 3.95. The molecule has 0 fully saturated rings. The number of aryl methyl sites for hydroxylation is 1. The third kappa shape index (κ3) is 3.56. The van der Waals surface area contributed by atoms with Crippen LogP contribution < -0.4 is 5.32 Å². The van der Waals surface area contributed by atoms with E-state index in [4.69, 9.17) is 4.42 Å². The van der Waals surface area contributed by atoms with E-state index in [-0.39, 0.29) is 5.54 Å². The molecule has 0 atom stereocenters. The van der Waals surface area contributed by atoms with Crippen LogP contribution in [0.1, 0.15) is 56.5 Å². The van der Waals surface area contributed by atoms with E-state index in [0.29, 0.717) is 0 Å². The summed E-state index contributed by atoms with van der Waals surface area (Å²) >= 11 is 0. The second kappa shape index (κ2) is 5.68. The lowest BCUT2D eigenvalue weighted by molar-refractivity contribution is 0.375. The summed E-state index contributed by atoms with van der Waals surface area (Å²) in [7, 11) is 0. The van der Waals surface area contributed by atoms with Crippen LogP contribution in [0.3, 0.4) is 0 Å². The Labute approximate surface area is 126 Å². The molecule has 2 aromatic heterocycles. The van der Waals surface area contributed by atoms with Gasteiger partial charge in [0.05, 0.1) is 25.1 Å². The molecule has 0 saturated carbocycles. The highest BCUT2D eigenvalue weighted by Crippen LogP contribution is 2.21. The smallest absolute Gasteiger partial charge is 0.123 e. The van der Waals surface area contributed by atoms with Crippen LogP contribution in [-0.4, -0.2) is 15.1 Å². The Hall–Kier alpha value is -1.55. The van der Waals surface area contributed by atoms with E-state index in [1.54, 1.807) is 0 Å². The number of fused-ring (bicyclic) bond motifs is 1. The first-order valence-electron chi connectivity index (χ1n) is 7.87. The number of aromatic nitrogens is 2. The van der Waals surface area contributed by atoms with Crippen LogP contribution >= 0.6 is 0 Å². The highest BCUT2D eigenvalue weighted by atomic mass is 16.3. The summed E-state index contributed by atoms with van der Waals surface area (Å²) < 4.78 is 8.18. The molecule has 4 nitrogen and oxygen atoms in total. The molecule has 0 bridgehead atoms. The Morgan fingerprint density at radius 2 is 1.95 bits per heavy atom. The Kier molecular flexibility index (Phi) is 3.89. The lowest BCUT2D eigenvalue weighted by Gasteiger charge is -2.19. The maximum absolute atomic E-state index is 5.93. The summed E-state index contributed by atoms with van der Waals surface area (Å²) in [4.78, 5) is 4.54. The fraction of sp³-hybridized carbons (Fsp3) is 0.588. The molecule has 114 valence electrons. The number of imidazole rings is 1. The Morgan fingerprint density at radius 1 is 1.19 bits per heavy atom. The van der Waals surface area contributed by atoms with E-state index >= 15 is 0 Å². The van der Waals surface area contributed by atoms with Crippen molar-refractivity contribution in [3.63, 3.8) is 0 Å². The second-order valence-electron chi connectivity index (χ2n) is 6.94. The van der Waals surface area contributed by atoms with Crippen molar-refractivity contribution >= 4 is 0 Å². The average Bonchev–Trinajstić information content (AvgIpc) is 3.04. The SMILES string of the molecule is CC(C)(C)NCc1ccc(Cn2cnc3c2CCCC3)o1. The molecular weight excluding hydrogens is 262 g/mol. The lowest BCUT2D eigenvalue weighted by atomic mass is 10.0. The standard InChI is InChI=1S/C17H25N3O/c1-17(2,3)19-10-13-8-9-14(21-13)11-20-12-18-15-6-4-5-7-16(15)20/h8-9,12,19H,4-7,10-11H2,1-3H3. The third-order valence-electron chi connectivity index (χ3n) is 3.95. The van der Waals surface area contributed by atoms with Gasteiger partial charge >= 0.3 is 0 Å². The Balaban J connectivity index is 1.66. The highest BCUT2D eigenvalue weighted by Gasteiger charge is 2.16. The predicted octanol–water partition coefficient (Wildman–Crippen LogP) is 3.29. The molecule has 21 heavy (non-hydrogen) atoms. The largest absolute Gasteiger partial charge is 0.463 e. The van der Waals surface area contributed by atoms with Gasteiger partial charge in [-0.15, -0.1) is 0 Å². The molecule has 0 aromatic carbocycles. The molecule has 2 aromatic rings. The maximum Gasteiger partial charge on any atom is 0.123 e. The van der Waals surface area contributed by atoms with Gasteiger partial charge in [-0.3, -0.25) is 0 Å². The van der Waals surface area contributed by atoms with Crippen molar-refractivity contribution < 1.29 is 4.42 Å². The van der Waals surface area contributed by atoms with Gasteiger partial charge in [-0.25, -0.2) is 4.98 Å². The molecule has 2 heterocycles. The van der Waals surface area contributed by atoms with Crippen LogP contribution in [-0.2, 0) is 25.9 Å². The summed E-state index contributed by atoms with van der Waals surface area (Å²) in [6, 6.07) is 4.15. The van der Waals surface area contributed by atoms with Crippen LogP contribution in [0.2, 0.25) is 0 Å². The summed E-state index contributed by atoms with van der Waals surface area (Å²) in [6.45, 7) is 8.04. The van der Waals surface area contributed by atoms with Crippen molar-refractivity contribution in [2.24, 2.45) is 0 Å². The van der Waals surface area contributed by atoms with Crippen LogP contribution in [0, 0.1) is 0 Å². The number of nitrogens with zero attached hydrogens (tertiary/aromatic N) is 2. The second-order valence-corrected chi connectivity index (χ2v) is 6.94. The minimum atomic E-state index is 0.108. The zero-order valence-corrected chi connectivity index (χ0v) is 13.3. The molecule has 0 unspecified atom stereocenters. The molecule has 1 aliphatic rings. The van der Waals surface area contributed by atoms with E-state index in [1.807, 2.05) is 6.33 Å². The first-order chi connectivity index (χ1) is 10.0. The summed E-state index contributed by atoms with van der Waals surface area (Å²) in [5.41, 5.74) is 2.78. The van der Waals surface area contributed by atoms with Crippen LogP contribution in [0.25, 0.3) is 0 Å². The molecule has 0 amide bonds. The van der Waals surface area contributed by atoms with E-state index < -0.39 is 0 Å². The zero-order chi connectivity index (χ0) is 14.9. The van der Waals surface area contributed by atoms with Crippen LogP contribution in [0.5, 0.6) is 0 Å². The summed E-state index contributed by atoms with van der Waals surface area (Å²) in [6.07, 6.45) is 6.78. The number of rotatable bonds is 4. The van der Waals surface area contributed by atoms with Gasteiger partial charge in [-0.05, 0) is 58.6 Å². The molecule has 0 aliphatic heterocycles. The van der Waals surface area contributed by atoms with E-state index in [0.717, 1.165) is 37.5 Å². The molecule has 0 saturated heterocycles. The first-order valence-corrected chi connectivity index (χ1v) is 7.87. The van der Waals surface area contributed by atoms with Gasteiger partial charge in [0.2, 0.25) is 0 Å². The van der Waals surface area contributed by atoms with Crippen molar-refractivity contribution in [1.29, 1.82) is 0 Å². The van der Waals surface area contributed by atoms with Gasteiger partial charge in [0.1, 0.15) is 11.5 Å². The van der Waals surface area contributed by atoms with Gasteiger partial charge in [0.15, 0.2) is 0 Å². The molecule has 1 aliphatic carbocycles. The van der Waals surface area contributed by atoms with Gasteiger partial charge in [-0.2, -0.15) is 0 Å². The van der Waals surface area contributed by atoms with E-state index in [2.05, 4.69) is 47.8 Å². The summed E-state index contributed by atoms with van der Waals surface area (Å²) in [5.74, 6) is 2.00. The normalized spacial score (nSPS) is 15.2. The first kappa shape index (κ1) is 14.4. The molecule has 0 spiro atoms. The number of furan rings is 1. The number of hydrogen-bond acceptors (Lipinski definition) is 3. The molecule has 0 radical (unpaired) electrons. The Bertz CT molecular complexity index is 604. The van der Waals surface area contributed by atoms with E-state index in [9.17, 15) is 0 Å². The van der Waals surface area contributed by atoms with Crippen molar-refractivity contribution in [1.82, 2.24) is 14.9 Å². The van der Waals surface area contributed by atoms with Gasteiger partial charge < -0.3 is 14.3 Å². The predicted molar refractivity (Wildman–Crippen MR) is 83.3 cm³/mol. The van der Waals surface area contributed by atoms with Crippen molar-refractivity contribution in [3.05, 3.63) is 41.4 Å². The van der Waals surface area contributed by atoms with E-state index in [1.165, 1.54) is 24.2 Å². The summed E-state index contributed by atoms with van der Waals surface area (Å²) in [5, 5.41) is 3.45. The fourth-order valence-electron chi connectivity index (χ4n) is 2.79. The molecular formula is C17H25N3O. The van der Waals surface area contributed by atoms with Crippen molar-refractivity contribution in [2.45, 2.75) is 65.1 Å². The van der Waals surface area contributed by atoms with Crippen LogP contribution in [0.4, 0.5) is 0 Å². The monoisotopic (exact) mass is 287 g/mol. The quantitative estimate of drug-likeness (QED) is 0.938. The number of hydrogen-bond donors (Lipinski definition) is 1. The lowest BCUT2D eigenvalue weighted by Crippen LogP contribution is -2.34. The molecule has 3 rings (SSSR count). The maximum atomic E-state index is 5.93. The van der Waals surface area contributed by atoms with Gasteiger partial charge in [0, 0.05) is 11.2 Å². The number of nitrogens with one attached hydrogen (secondary N) is 1. The fourth-order valence-corrected chi connectivity index (χ4v) is 2.79. The molecule has 4 heteroatoms. The topological polar surface area (TPSA) is 43.0 Å². The minimum absolute atomic E-state index is 0.108.